The van der Waals surface area contributed by atoms with Gasteiger partial charge < -0.3 is 15.2 Å². The first-order valence-corrected chi connectivity index (χ1v) is 5.35. The van der Waals surface area contributed by atoms with Crippen LogP contribution in [0.3, 0.4) is 0 Å². The monoisotopic (exact) mass is 246 g/mol. The van der Waals surface area contributed by atoms with E-state index in [9.17, 15) is 4.79 Å². The van der Waals surface area contributed by atoms with Gasteiger partial charge in [0.1, 0.15) is 17.4 Å². The molecule has 0 fully saturated rings. The Labute approximate surface area is 105 Å². The summed E-state index contributed by atoms with van der Waals surface area (Å²) in [5.41, 5.74) is 0.683. The van der Waals surface area contributed by atoms with Crippen LogP contribution in [0.25, 0.3) is 6.08 Å². The quantitative estimate of drug-likeness (QED) is 0.462. The van der Waals surface area contributed by atoms with E-state index in [1.165, 1.54) is 25.3 Å². The van der Waals surface area contributed by atoms with Crippen molar-refractivity contribution in [1.29, 1.82) is 5.26 Å². The fraction of sp³-hybridized carbons (Fsp3) is 0.231. The summed E-state index contributed by atoms with van der Waals surface area (Å²) in [6.45, 7) is 0.744. The largest absolute Gasteiger partial charge is 0.508 e. The van der Waals surface area contributed by atoms with Crippen molar-refractivity contribution in [1.82, 2.24) is 5.32 Å². The Morgan fingerprint density at radius 3 is 2.72 bits per heavy atom. The number of rotatable bonds is 5. The van der Waals surface area contributed by atoms with Crippen LogP contribution in [0.4, 0.5) is 0 Å². The van der Waals surface area contributed by atoms with Crippen molar-refractivity contribution in [3.8, 4) is 11.8 Å². The van der Waals surface area contributed by atoms with Crippen LogP contribution in [0.1, 0.15) is 5.56 Å². The number of phenols is 1. The second kappa shape index (κ2) is 7.09. The average molecular weight is 246 g/mol. The van der Waals surface area contributed by atoms with Gasteiger partial charge in [0.05, 0.1) is 6.61 Å². The lowest BCUT2D eigenvalue weighted by Crippen LogP contribution is -2.27. The molecule has 0 spiro atoms. The molecule has 1 rings (SSSR count). The predicted octanol–water partition coefficient (Wildman–Crippen LogP) is 1.06. The highest BCUT2D eigenvalue weighted by atomic mass is 16.5. The molecule has 0 radical (unpaired) electrons. The van der Waals surface area contributed by atoms with Crippen molar-refractivity contribution in [2.45, 2.75) is 0 Å². The summed E-state index contributed by atoms with van der Waals surface area (Å²) in [4.78, 5) is 11.6. The minimum Gasteiger partial charge on any atom is -0.508 e. The molecule has 0 saturated carbocycles. The van der Waals surface area contributed by atoms with E-state index < -0.39 is 5.91 Å². The van der Waals surface area contributed by atoms with E-state index >= 15 is 0 Å². The van der Waals surface area contributed by atoms with Crippen molar-refractivity contribution in [2.75, 3.05) is 20.3 Å². The van der Waals surface area contributed by atoms with E-state index in [2.05, 4.69) is 5.32 Å². The average Bonchev–Trinajstić information content (AvgIpc) is 2.38. The fourth-order valence-electron chi connectivity index (χ4n) is 1.25. The Hall–Kier alpha value is -2.32. The normalized spacial score (nSPS) is 10.8. The molecule has 0 aromatic heterocycles. The molecule has 0 bridgehead atoms. The highest BCUT2D eigenvalue weighted by molar-refractivity contribution is 6.01. The maximum absolute atomic E-state index is 11.6. The molecule has 1 aromatic carbocycles. The SMILES string of the molecule is COCCNC(=O)C(C#N)=Cc1ccc(O)cc1. The van der Waals surface area contributed by atoms with Gasteiger partial charge in [-0.05, 0) is 23.8 Å². The first kappa shape index (κ1) is 13.7. The van der Waals surface area contributed by atoms with Crippen LogP contribution >= 0.6 is 0 Å². The summed E-state index contributed by atoms with van der Waals surface area (Å²) < 4.78 is 4.79. The van der Waals surface area contributed by atoms with Crippen LogP contribution in [0.2, 0.25) is 0 Å². The summed E-state index contributed by atoms with van der Waals surface area (Å²) in [5.74, 6) is -0.308. The molecule has 0 heterocycles. The Kier molecular flexibility index (Phi) is 5.42. The molecular formula is C13H14N2O3. The third-order valence-corrected chi connectivity index (χ3v) is 2.16. The molecule has 2 N–H and O–H groups in total. The molecule has 18 heavy (non-hydrogen) atoms. The zero-order chi connectivity index (χ0) is 13.4. The number of ether oxygens (including phenoxy) is 1. The van der Waals surface area contributed by atoms with Gasteiger partial charge in [0, 0.05) is 13.7 Å². The zero-order valence-corrected chi connectivity index (χ0v) is 10.0. The number of nitrogens with one attached hydrogen (secondary N) is 1. The number of phenolic OH excluding ortho intramolecular Hbond substituents is 1. The maximum Gasteiger partial charge on any atom is 0.262 e. The lowest BCUT2D eigenvalue weighted by molar-refractivity contribution is -0.117. The lowest BCUT2D eigenvalue weighted by Gasteiger charge is -2.03. The lowest BCUT2D eigenvalue weighted by atomic mass is 10.1. The predicted molar refractivity (Wildman–Crippen MR) is 66.6 cm³/mol. The number of benzene rings is 1. The number of aromatic hydroxyl groups is 1. The van der Waals surface area contributed by atoms with Gasteiger partial charge >= 0.3 is 0 Å². The van der Waals surface area contributed by atoms with Gasteiger partial charge in [0.15, 0.2) is 0 Å². The number of methoxy groups -OCH3 is 1. The number of carbonyl (C=O) groups excluding carboxylic acids is 1. The first-order valence-electron chi connectivity index (χ1n) is 5.35. The van der Waals surface area contributed by atoms with Gasteiger partial charge in [0.25, 0.3) is 5.91 Å². The minimum absolute atomic E-state index is 0.0109. The molecule has 0 aliphatic heterocycles. The number of amides is 1. The summed E-state index contributed by atoms with van der Waals surface area (Å²) in [6.07, 6.45) is 1.46. The molecule has 1 amide bonds. The number of nitriles is 1. The van der Waals surface area contributed by atoms with Gasteiger partial charge in [-0.3, -0.25) is 4.79 Å². The summed E-state index contributed by atoms with van der Waals surface area (Å²) in [5, 5.41) is 20.6. The number of carbonyl (C=O) groups is 1. The standard InChI is InChI=1S/C13H14N2O3/c1-18-7-6-15-13(17)11(9-14)8-10-2-4-12(16)5-3-10/h2-5,8,16H,6-7H2,1H3,(H,15,17). The molecule has 0 saturated heterocycles. The third kappa shape index (κ3) is 4.28. The van der Waals surface area contributed by atoms with Crippen molar-refractivity contribution in [3.63, 3.8) is 0 Å². The third-order valence-electron chi connectivity index (χ3n) is 2.16. The molecule has 0 aliphatic rings. The zero-order valence-electron chi connectivity index (χ0n) is 10.0. The summed E-state index contributed by atoms with van der Waals surface area (Å²) in [7, 11) is 1.53. The number of hydrogen-bond acceptors (Lipinski definition) is 4. The summed E-state index contributed by atoms with van der Waals surface area (Å²) in [6, 6.07) is 8.06. The maximum atomic E-state index is 11.6. The van der Waals surface area contributed by atoms with Gasteiger partial charge in [-0.2, -0.15) is 5.26 Å². The van der Waals surface area contributed by atoms with E-state index in [4.69, 9.17) is 15.1 Å². The second-order valence-corrected chi connectivity index (χ2v) is 3.51. The summed E-state index contributed by atoms with van der Waals surface area (Å²) >= 11 is 0. The smallest absolute Gasteiger partial charge is 0.262 e. The van der Waals surface area contributed by atoms with Crippen molar-refractivity contribution < 1.29 is 14.6 Å². The molecule has 0 aliphatic carbocycles. The van der Waals surface area contributed by atoms with Gasteiger partial charge in [-0.15, -0.1) is 0 Å². The van der Waals surface area contributed by atoms with E-state index in [0.717, 1.165) is 0 Å². The van der Waals surface area contributed by atoms with Gasteiger partial charge in [0.2, 0.25) is 0 Å². The number of hydrogen-bond donors (Lipinski definition) is 2. The van der Waals surface area contributed by atoms with Crippen LogP contribution in [0, 0.1) is 11.3 Å². The molecule has 94 valence electrons. The Morgan fingerprint density at radius 1 is 1.50 bits per heavy atom. The van der Waals surface area contributed by atoms with Crippen LogP contribution in [0.15, 0.2) is 29.8 Å². The highest BCUT2D eigenvalue weighted by Crippen LogP contribution is 2.12. The molecule has 5 nitrogen and oxygen atoms in total. The molecule has 0 atom stereocenters. The van der Waals surface area contributed by atoms with E-state index in [1.54, 1.807) is 12.1 Å². The second-order valence-electron chi connectivity index (χ2n) is 3.51. The fourth-order valence-corrected chi connectivity index (χ4v) is 1.25. The Bertz CT molecular complexity index is 472. The topological polar surface area (TPSA) is 82.3 Å². The number of nitrogens with zero attached hydrogens (tertiary/aromatic N) is 1. The Balaban J connectivity index is 2.74. The molecule has 5 heteroatoms. The van der Waals surface area contributed by atoms with Crippen molar-refractivity contribution in [2.24, 2.45) is 0 Å². The highest BCUT2D eigenvalue weighted by Gasteiger charge is 2.07. The first-order chi connectivity index (χ1) is 8.67. The molecule has 1 aromatic rings. The molecule has 0 unspecified atom stereocenters. The van der Waals surface area contributed by atoms with Crippen LogP contribution < -0.4 is 5.32 Å². The van der Waals surface area contributed by atoms with Crippen molar-refractivity contribution >= 4 is 12.0 Å². The van der Waals surface area contributed by atoms with E-state index in [1.807, 2.05) is 6.07 Å². The van der Waals surface area contributed by atoms with Gasteiger partial charge in [-0.1, -0.05) is 12.1 Å². The Morgan fingerprint density at radius 2 is 2.17 bits per heavy atom. The van der Waals surface area contributed by atoms with Crippen LogP contribution in [-0.2, 0) is 9.53 Å². The minimum atomic E-state index is -0.442. The van der Waals surface area contributed by atoms with Crippen LogP contribution in [0.5, 0.6) is 5.75 Å². The molecular weight excluding hydrogens is 232 g/mol. The van der Waals surface area contributed by atoms with E-state index in [0.29, 0.717) is 18.7 Å². The van der Waals surface area contributed by atoms with Crippen LogP contribution in [-0.4, -0.2) is 31.3 Å². The van der Waals surface area contributed by atoms with E-state index in [-0.39, 0.29) is 11.3 Å². The van der Waals surface area contributed by atoms with Gasteiger partial charge in [-0.25, -0.2) is 0 Å². The van der Waals surface area contributed by atoms with Crippen molar-refractivity contribution in [3.05, 3.63) is 35.4 Å².